The first-order valence-corrected chi connectivity index (χ1v) is 11.4. The van der Waals surface area contributed by atoms with Crippen molar-refractivity contribution >= 4 is 40.4 Å². The third-order valence-electron chi connectivity index (χ3n) is 6.24. The van der Waals surface area contributed by atoms with E-state index in [0.29, 0.717) is 23.7 Å². The summed E-state index contributed by atoms with van der Waals surface area (Å²) in [6, 6.07) is 5.86. The highest BCUT2D eigenvalue weighted by molar-refractivity contribution is 6.11. The molecular formula is C25H30N6O3. The van der Waals surface area contributed by atoms with Gasteiger partial charge in [-0.25, -0.2) is 4.98 Å². The van der Waals surface area contributed by atoms with E-state index >= 15 is 0 Å². The van der Waals surface area contributed by atoms with Gasteiger partial charge in [-0.3, -0.25) is 19.7 Å². The Morgan fingerprint density at radius 2 is 1.97 bits per heavy atom. The lowest BCUT2D eigenvalue weighted by Gasteiger charge is -2.26. The van der Waals surface area contributed by atoms with Gasteiger partial charge in [0.15, 0.2) is 0 Å². The number of amides is 3. The van der Waals surface area contributed by atoms with Crippen molar-refractivity contribution in [3.63, 3.8) is 0 Å². The quantitative estimate of drug-likeness (QED) is 0.565. The van der Waals surface area contributed by atoms with E-state index in [1.54, 1.807) is 30.9 Å². The van der Waals surface area contributed by atoms with Crippen molar-refractivity contribution in [2.24, 2.45) is 7.05 Å². The Morgan fingerprint density at radius 1 is 1.18 bits per heavy atom. The van der Waals surface area contributed by atoms with Crippen LogP contribution in [0.5, 0.6) is 0 Å². The first-order valence-electron chi connectivity index (χ1n) is 11.4. The number of likely N-dealkylation sites (tertiary alicyclic amines) is 1. The van der Waals surface area contributed by atoms with E-state index in [2.05, 4.69) is 21.8 Å². The van der Waals surface area contributed by atoms with Gasteiger partial charge >= 0.3 is 0 Å². The Kier molecular flexibility index (Phi) is 6.54. The Hall–Kier alpha value is -3.88. The molecular weight excluding hydrogens is 432 g/mol. The first-order chi connectivity index (χ1) is 16.3. The van der Waals surface area contributed by atoms with Gasteiger partial charge in [0.25, 0.3) is 5.91 Å². The maximum Gasteiger partial charge on any atom is 0.261 e. The van der Waals surface area contributed by atoms with E-state index in [4.69, 9.17) is 4.98 Å². The molecule has 1 atom stereocenters. The van der Waals surface area contributed by atoms with Crippen LogP contribution in [0.15, 0.2) is 43.2 Å². The number of para-hydroxylation sites is 1. The van der Waals surface area contributed by atoms with Crippen LogP contribution in [0.1, 0.15) is 48.1 Å². The van der Waals surface area contributed by atoms with Gasteiger partial charge in [0.05, 0.1) is 28.3 Å². The number of imidazole rings is 1. The van der Waals surface area contributed by atoms with Gasteiger partial charge in [-0.15, -0.1) is 0 Å². The molecule has 0 radical (unpaired) electrons. The molecule has 3 aromatic rings. The molecule has 2 N–H and O–H groups in total. The molecule has 34 heavy (non-hydrogen) atoms. The van der Waals surface area contributed by atoms with Crippen LogP contribution in [-0.4, -0.2) is 49.8 Å². The molecule has 0 aliphatic carbocycles. The van der Waals surface area contributed by atoms with Crippen LogP contribution in [0, 0.1) is 6.92 Å². The summed E-state index contributed by atoms with van der Waals surface area (Å²) < 4.78 is 3.77. The van der Waals surface area contributed by atoms with Crippen LogP contribution in [0.4, 0.5) is 11.6 Å². The molecule has 2 aromatic heterocycles. The van der Waals surface area contributed by atoms with E-state index in [1.165, 1.54) is 0 Å². The molecule has 9 nitrogen and oxygen atoms in total. The molecule has 0 spiro atoms. The van der Waals surface area contributed by atoms with Crippen molar-refractivity contribution < 1.29 is 14.4 Å². The largest absolute Gasteiger partial charge is 0.354 e. The molecule has 1 aliphatic rings. The van der Waals surface area contributed by atoms with Gasteiger partial charge in [-0.2, -0.15) is 0 Å². The van der Waals surface area contributed by atoms with Gasteiger partial charge in [-0.05, 0) is 43.9 Å². The predicted octanol–water partition coefficient (Wildman–Crippen LogP) is 3.63. The normalized spacial score (nSPS) is 16.2. The van der Waals surface area contributed by atoms with Gasteiger partial charge in [0.1, 0.15) is 0 Å². The third kappa shape index (κ3) is 4.59. The number of rotatable bonds is 5. The van der Waals surface area contributed by atoms with E-state index in [-0.39, 0.29) is 17.9 Å². The van der Waals surface area contributed by atoms with Gasteiger partial charge in [0, 0.05) is 39.5 Å². The molecule has 1 fully saturated rings. The van der Waals surface area contributed by atoms with E-state index in [0.717, 1.165) is 48.5 Å². The minimum Gasteiger partial charge on any atom is -0.354 e. The van der Waals surface area contributed by atoms with Crippen LogP contribution in [0.2, 0.25) is 0 Å². The molecule has 1 aromatic carbocycles. The topological polar surface area (TPSA) is 101 Å². The Balaban J connectivity index is 1.75. The number of nitrogens with zero attached hydrogens (tertiary/aromatic N) is 4. The van der Waals surface area contributed by atoms with Crippen LogP contribution in [0.25, 0.3) is 11.0 Å². The second-order valence-electron chi connectivity index (χ2n) is 8.76. The molecule has 3 heterocycles. The number of fused-ring (bicyclic) bond motifs is 1. The lowest BCUT2D eigenvalue weighted by atomic mass is 10.1. The lowest BCUT2D eigenvalue weighted by Crippen LogP contribution is -2.34. The molecule has 4 rings (SSSR count). The van der Waals surface area contributed by atoms with Crippen molar-refractivity contribution in [1.82, 2.24) is 19.0 Å². The number of hydrogen-bond acceptors (Lipinski definition) is 4. The zero-order valence-electron chi connectivity index (χ0n) is 19.8. The average molecular weight is 463 g/mol. The molecule has 3 amide bonds. The van der Waals surface area contributed by atoms with E-state index in [1.807, 2.05) is 30.0 Å². The van der Waals surface area contributed by atoms with E-state index < -0.39 is 5.91 Å². The monoisotopic (exact) mass is 462 g/mol. The fourth-order valence-corrected chi connectivity index (χ4v) is 4.60. The van der Waals surface area contributed by atoms with Crippen molar-refractivity contribution in [2.45, 2.75) is 39.2 Å². The maximum atomic E-state index is 13.3. The molecule has 9 heteroatoms. The summed E-state index contributed by atoms with van der Waals surface area (Å²) in [5, 5.41) is 5.65. The predicted molar refractivity (Wildman–Crippen MR) is 132 cm³/mol. The second-order valence-corrected chi connectivity index (χ2v) is 8.76. The summed E-state index contributed by atoms with van der Waals surface area (Å²) in [6.45, 7) is 8.37. The highest BCUT2D eigenvalue weighted by Gasteiger charge is 2.27. The van der Waals surface area contributed by atoms with Gasteiger partial charge in [0.2, 0.25) is 17.8 Å². The molecule has 0 unspecified atom stereocenters. The number of hydrogen-bond donors (Lipinski definition) is 2. The zero-order valence-corrected chi connectivity index (χ0v) is 19.8. The summed E-state index contributed by atoms with van der Waals surface area (Å²) >= 11 is 0. The smallest absolute Gasteiger partial charge is 0.261 e. The van der Waals surface area contributed by atoms with Crippen molar-refractivity contribution in [3.8, 4) is 0 Å². The van der Waals surface area contributed by atoms with E-state index in [9.17, 15) is 14.4 Å². The van der Waals surface area contributed by atoms with Crippen molar-refractivity contribution in [2.75, 3.05) is 23.7 Å². The Bertz CT molecular complexity index is 1270. The number of carbonyl (C=O) groups is 3. The maximum absolute atomic E-state index is 13.3. The molecule has 178 valence electrons. The Labute approximate surface area is 198 Å². The van der Waals surface area contributed by atoms with Crippen molar-refractivity contribution in [3.05, 3.63) is 54.4 Å². The minimum atomic E-state index is -0.397. The Morgan fingerprint density at radius 3 is 2.71 bits per heavy atom. The molecule has 0 saturated carbocycles. The van der Waals surface area contributed by atoms with Crippen molar-refractivity contribution in [1.29, 1.82) is 0 Å². The first kappa shape index (κ1) is 23.3. The number of benzene rings is 1. The number of aromatic nitrogens is 3. The van der Waals surface area contributed by atoms with Gasteiger partial charge in [-0.1, -0.05) is 18.7 Å². The minimum absolute atomic E-state index is 0.0245. The highest BCUT2D eigenvalue weighted by Crippen LogP contribution is 2.32. The number of anilines is 2. The summed E-state index contributed by atoms with van der Waals surface area (Å²) in [7, 11) is 1.78. The summed E-state index contributed by atoms with van der Waals surface area (Å²) in [6.07, 6.45) is 7.26. The molecule has 1 saturated heterocycles. The third-order valence-corrected chi connectivity index (χ3v) is 6.24. The number of carbonyl (C=O) groups excluding carboxylic acids is 3. The summed E-state index contributed by atoms with van der Waals surface area (Å²) in [5.74, 6) is -0.308. The van der Waals surface area contributed by atoms with Crippen LogP contribution in [-0.2, 0) is 16.6 Å². The standard InChI is InChI=1S/C25H30N6O3/c1-5-22(33)26-21-15-29(4)14-19(21)24(34)28-25-27-20-11-8-9-16(2)23(20)31(25)18-10-6-7-12-30(13-18)17(3)32/h5,8-9,11,14-15,18H,1,6-7,10,12-13H2,2-4H3,(H,26,33)(H,27,28,34)/t18-/m1/s1. The summed E-state index contributed by atoms with van der Waals surface area (Å²) in [4.78, 5) is 44.0. The zero-order chi connectivity index (χ0) is 24.4. The highest BCUT2D eigenvalue weighted by atomic mass is 16.2. The number of nitrogens with one attached hydrogen (secondary N) is 2. The fourth-order valence-electron chi connectivity index (χ4n) is 4.60. The number of aryl methyl sites for hydroxylation is 2. The summed E-state index contributed by atoms with van der Waals surface area (Å²) in [5.41, 5.74) is 3.48. The van der Waals surface area contributed by atoms with Gasteiger partial charge < -0.3 is 19.4 Å². The second kappa shape index (κ2) is 9.54. The lowest BCUT2D eigenvalue weighted by molar-refractivity contribution is -0.129. The van der Waals surface area contributed by atoms with Crippen LogP contribution < -0.4 is 10.6 Å². The van der Waals surface area contributed by atoms with Crippen LogP contribution in [0.3, 0.4) is 0 Å². The SMILES string of the molecule is C=CC(=O)Nc1cn(C)cc1C(=O)Nc1nc2cccc(C)c2n1[C@@H]1CCCCN(C(C)=O)C1. The molecule has 0 bridgehead atoms. The molecule has 1 aliphatic heterocycles. The fraction of sp³-hybridized carbons (Fsp3) is 0.360. The van der Waals surface area contributed by atoms with Crippen LogP contribution >= 0.6 is 0 Å². The average Bonchev–Trinajstić information content (AvgIpc) is 3.23.